The highest BCUT2D eigenvalue weighted by atomic mass is 79.9. The van der Waals surface area contributed by atoms with Crippen LogP contribution in [0.4, 0.5) is 21.0 Å². The Kier molecular flexibility index (Phi) is 39.0. The number of hydrogen-bond donors (Lipinski definition) is 9. The average molecular weight is 2250 g/mol. The zero-order valence-corrected chi connectivity index (χ0v) is 81.6. The molecule has 0 aliphatic heterocycles. The number of carbonyl (C=O) groups is 7. The number of ether oxygens (including phenoxy) is 9. The molecule has 662 valence electrons. The van der Waals surface area contributed by atoms with Crippen molar-refractivity contribution < 1.29 is 94.6 Å². The van der Waals surface area contributed by atoms with Crippen LogP contribution in [0.3, 0.4) is 0 Å². The maximum Gasteiger partial charge on any atom is 0.408 e. The molecule has 0 aliphatic carbocycles. The summed E-state index contributed by atoms with van der Waals surface area (Å²) in [5.41, 5.74) is 18.3. The lowest BCUT2D eigenvalue weighted by Crippen LogP contribution is -2.33. The second kappa shape index (κ2) is 47.6. The maximum atomic E-state index is 11.9. The molecular formula is C82H86Br8N12O21S. The molecule has 11 rings (SSSR count). The fourth-order valence-corrected chi connectivity index (χ4v) is 16.8. The van der Waals surface area contributed by atoms with Gasteiger partial charge in [-0.05, 0) is 314 Å². The number of rotatable bonds is 29. The first-order valence-corrected chi connectivity index (χ1v) is 45.2. The number of methoxy groups -OCH3 is 3. The number of carbonyl (C=O) groups excluding carboxylic acids is 6. The largest absolute Gasteiger partial charge is 0.481 e. The molecule has 0 radical (unpaired) electrons. The van der Waals surface area contributed by atoms with E-state index in [4.69, 9.17) is 49.7 Å². The first kappa shape index (κ1) is 101. The molecule has 42 heteroatoms. The van der Waals surface area contributed by atoms with Crippen molar-refractivity contribution in [3.63, 3.8) is 0 Å². The van der Waals surface area contributed by atoms with E-state index in [9.17, 15) is 52.1 Å². The predicted octanol–water partition coefficient (Wildman–Crippen LogP) is 19.7. The Morgan fingerprint density at radius 3 is 1.10 bits per heavy atom. The molecule has 3 aromatic heterocycles. The lowest BCUT2D eigenvalue weighted by atomic mass is 10.1. The number of nitro benzene ring substituents is 1. The average Bonchev–Trinajstić information content (AvgIpc) is 1.71. The number of nitrogens with two attached hydrogens (primary N) is 2. The van der Waals surface area contributed by atoms with Crippen LogP contribution >= 0.6 is 127 Å². The normalized spacial score (nSPS) is 11.1. The zero-order valence-electron chi connectivity index (χ0n) is 68.1. The molecule has 124 heavy (non-hydrogen) atoms. The van der Waals surface area contributed by atoms with Gasteiger partial charge in [-0.2, -0.15) is 0 Å². The topological polar surface area (TPSA) is 474 Å². The number of sulfonamides is 1. The van der Waals surface area contributed by atoms with E-state index < -0.39 is 44.3 Å². The Morgan fingerprint density at radius 1 is 0.484 bits per heavy atom. The van der Waals surface area contributed by atoms with Crippen molar-refractivity contribution in [1.82, 2.24) is 45.3 Å². The highest BCUT2D eigenvalue weighted by molar-refractivity contribution is 9.12. The molecule has 11 N–H and O–H groups in total. The number of H-pyrrole nitrogens is 3. The first-order chi connectivity index (χ1) is 58.4. The molecule has 33 nitrogen and oxygen atoms in total. The van der Waals surface area contributed by atoms with Gasteiger partial charge < -0.3 is 89.6 Å². The number of aromatic nitrogens is 6. The molecule has 0 saturated heterocycles. The fourth-order valence-electron chi connectivity index (χ4n) is 10.6. The van der Waals surface area contributed by atoms with Gasteiger partial charge in [0.15, 0.2) is 23.0 Å². The number of benzene rings is 8. The van der Waals surface area contributed by atoms with E-state index in [1.165, 1.54) is 33.5 Å². The number of nitro groups is 1. The molecule has 0 bridgehead atoms. The van der Waals surface area contributed by atoms with E-state index in [-0.39, 0.29) is 67.5 Å². The van der Waals surface area contributed by atoms with Crippen LogP contribution in [-0.4, -0.2) is 136 Å². The number of carboxylic acid groups (broad SMARTS) is 1. The van der Waals surface area contributed by atoms with Gasteiger partial charge in [0, 0.05) is 43.9 Å². The number of halogens is 8. The number of esters is 3. The van der Waals surface area contributed by atoms with Crippen molar-refractivity contribution in [3.8, 4) is 46.0 Å². The number of aryl methyl sites for hydroxylation is 4. The molecule has 0 fully saturated rings. The van der Waals surface area contributed by atoms with Crippen LogP contribution in [0.15, 0.2) is 157 Å². The number of anilines is 1. The van der Waals surface area contributed by atoms with Crippen molar-refractivity contribution in [1.29, 1.82) is 0 Å². The highest BCUT2D eigenvalue weighted by Crippen LogP contribution is 2.44. The van der Waals surface area contributed by atoms with Crippen LogP contribution < -0.4 is 45.8 Å². The van der Waals surface area contributed by atoms with Gasteiger partial charge in [0.2, 0.25) is 10.0 Å². The van der Waals surface area contributed by atoms with Gasteiger partial charge in [-0.15, -0.1) is 0 Å². The molecule has 3 heterocycles. The molecule has 8 aromatic carbocycles. The number of carboxylic acids is 1. The van der Waals surface area contributed by atoms with E-state index in [0.717, 1.165) is 74.3 Å². The summed E-state index contributed by atoms with van der Waals surface area (Å²) < 4.78 is 78.5. The third kappa shape index (κ3) is 33.7. The summed E-state index contributed by atoms with van der Waals surface area (Å²) in [5, 5.41) is 24.7. The smallest absolute Gasteiger partial charge is 0.408 e. The third-order valence-electron chi connectivity index (χ3n) is 16.2. The minimum Gasteiger partial charge on any atom is -0.481 e. The number of alkyl carbamates (subject to hydrolysis) is 2. The summed E-state index contributed by atoms with van der Waals surface area (Å²) in [6.07, 6.45) is 3.64. The number of aliphatic carboxylic acids is 1. The summed E-state index contributed by atoms with van der Waals surface area (Å²) in [6.45, 7) is 11.3. The fraction of sp³-hybridized carbons (Fsp3) is 0.293. The quantitative estimate of drug-likeness (QED) is 0.00525. The van der Waals surface area contributed by atoms with Gasteiger partial charge in [-0.1, -0.05) is 0 Å². The van der Waals surface area contributed by atoms with Crippen LogP contribution in [0.1, 0.15) is 107 Å². The van der Waals surface area contributed by atoms with Crippen LogP contribution in [0.2, 0.25) is 0 Å². The summed E-state index contributed by atoms with van der Waals surface area (Å²) in [4.78, 5) is 110. The van der Waals surface area contributed by atoms with Crippen LogP contribution in [-0.2, 0) is 103 Å². The summed E-state index contributed by atoms with van der Waals surface area (Å²) in [6, 6.07) is 35.6. The number of imidazole rings is 3. The zero-order chi connectivity index (χ0) is 91.5. The van der Waals surface area contributed by atoms with Crippen molar-refractivity contribution in [2.75, 3.05) is 39.9 Å². The maximum absolute atomic E-state index is 11.9. The Bertz CT molecular complexity index is 5710. The third-order valence-corrected chi connectivity index (χ3v) is 21.6. The van der Waals surface area contributed by atoms with Gasteiger partial charge in [-0.3, -0.25) is 29.3 Å². The van der Waals surface area contributed by atoms with Crippen LogP contribution in [0, 0.1) is 10.1 Å². The van der Waals surface area contributed by atoms with Gasteiger partial charge >= 0.3 is 36.1 Å². The number of aldehydes is 1. The standard InChI is InChI=1S/C23H25Br2N3O5.C18H17Br2N3O5S.C18H17Br2N3O3.C16H14Br2N2O5.C7H13NO3/c1-23(2,3)33-22(30)26-12-19-27-17-7-6-14(11-18(17)28-19)32-21-15(24)9-13(10-16(21)25)5-8-20(29)31-4;1-29(26,27)21-9-16-22-14-4-3-11(8-15(14)23-16)28-18-12(19)6-10(7-13(18)20)2-5-17(24)25;1-25-17(24)5-2-10-6-12(19)18(13(20)7-10)26-11-3-4-14-15(8-11)23-16(9-21)22-14;1-24-15(21)5-2-9-6-11(17)16(12(18)7-9)25-10-3-4-13(19)14(8-10)20(22)23;1-7(2,3)11-6(10)8-4-5-9/h6-7,9-11H,5,8,12H2,1-4H3,(H,26,30)(H,27,28);3-4,6-8,21H,2,5,9H2,1H3,(H,22,23)(H,24,25);3-4,6-8H,2,5,9,21H2,1H3,(H,22,23);3-4,6-8H,2,5,19H2,1H3;5H,4H2,1-3H3,(H,8,10). The summed E-state index contributed by atoms with van der Waals surface area (Å²) in [5.74, 6) is 4.61. The van der Waals surface area contributed by atoms with Gasteiger partial charge in [0.05, 0.1) is 134 Å². The Balaban J connectivity index is 0.000000219. The van der Waals surface area contributed by atoms with E-state index in [0.29, 0.717) is 132 Å². The lowest BCUT2D eigenvalue weighted by molar-refractivity contribution is -0.384. The van der Waals surface area contributed by atoms with Crippen molar-refractivity contribution >= 4 is 224 Å². The van der Waals surface area contributed by atoms with E-state index in [1.54, 1.807) is 45.0 Å². The minimum atomic E-state index is -3.31. The number of fused-ring (bicyclic) bond motifs is 3. The molecule has 0 unspecified atom stereocenters. The Hall–Kier alpha value is -9.63. The molecular weight excluding hydrogens is 2160 g/mol. The van der Waals surface area contributed by atoms with Crippen molar-refractivity contribution in [3.05, 3.63) is 207 Å². The van der Waals surface area contributed by atoms with E-state index >= 15 is 0 Å². The second-order valence-electron chi connectivity index (χ2n) is 28.4. The summed E-state index contributed by atoms with van der Waals surface area (Å²) >= 11 is 27.9. The van der Waals surface area contributed by atoms with Gasteiger partial charge in [0.1, 0.15) is 63.6 Å². The lowest BCUT2D eigenvalue weighted by Gasteiger charge is -2.19. The Labute approximate surface area is 779 Å². The SMILES string of the molecule is CC(C)(C)OC(=O)NCC=O.COC(=O)CCc1cc(Br)c(Oc2ccc(N)c([N+](=O)[O-])c2)c(Br)c1.COC(=O)CCc1cc(Br)c(Oc2ccc3nc(CN)[nH]c3c2)c(Br)c1.COC(=O)CCc1cc(Br)c(Oc2ccc3nc(CNC(=O)OC(C)(C)C)[nH]c3c2)c(Br)c1.CS(=O)(=O)NCc1nc2ccc(Oc3c(Br)cc(CCC(=O)O)cc3Br)cc2[nH]1. The van der Waals surface area contributed by atoms with Gasteiger partial charge in [-0.25, -0.2) is 37.7 Å². The number of nitrogen functional groups attached to an aromatic ring is 1. The number of aromatic amines is 3. The molecule has 0 saturated carbocycles. The van der Waals surface area contributed by atoms with Crippen LogP contribution in [0.25, 0.3) is 33.1 Å². The van der Waals surface area contributed by atoms with Crippen LogP contribution in [0.5, 0.6) is 46.0 Å². The number of nitrogens with zero attached hydrogens (tertiary/aromatic N) is 4. The highest BCUT2D eigenvalue weighted by Gasteiger charge is 2.22. The molecule has 0 spiro atoms. The molecule has 0 aliphatic rings. The number of amides is 2. The number of nitrogens with one attached hydrogen (secondary N) is 6. The number of hydrogen-bond acceptors (Lipinski definition) is 25. The second-order valence-corrected chi connectivity index (χ2v) is 37.0. The predicted molar refractivity (Wildman–Crippen MR) is 493 cm³/mol. The monoisotopic (exact) mass is 2240 g/mol. The van der Waals surface area contributed by atoms with Gasteiger partial charge in [0.25, 0.3) is 5.69 Å². The Morgan fingerprint density at radius 2 is 0.790 bits per heavy atom. The summed E-state index contributed by atoms with van der Waals surface area (Å²) in [7, 11) is 0.800. The van der Waals surface area contributed by atoms with E-state index in [2.05, 4.69) is 182 Å². The van der Waals surface area contributed by atoms with Crippen molar-refractivity contribution in [2.24, 2.45) is 5.73 Å². The van der Waals surface area contributed by atoms with Crippen molar-refractivity contribution in [2.45, 2.75) is 124 Å². The first-order valence-electron chi connectivity index (χ1n) is 37.0. The minimum absolute atomic E-state index is 0.00505. The van der Waals surface area contributed by atoms with E-state index in [1.807, 2.05) is 106 Å². The molecule has 11 aromatic rings. The molecule has 2 amide bonds. The molecule has 0 atom stereocenters.